The third-order valence-corrected chi connectivity index (χ3v) is 5.19. The van der Waals surface area contributed by atoms with Crippen LogP contribution in [0.1, 0.15) is 59.8 Å². The Morgan fingerprint density at radius 2 is 1.55 bits per heavy atom. The van der Waals surface area contributed by atoms with Crippen LogP contribution in [0.5, 0.6) is 0 Å². The molecule has 0 fully saturated rings. The molecule has 0 aromatic heterocycles. The summed E-state index contributed by atoms with van der Waals surface area (Å²) in [5.41, 5.74) is 0. The molecule has 0 N–H and O–H groups in total. The van der Waals surface area contributed by atoms with Gasteiger partial charge < -0.3 is 0 Å². The average molecular weight is 327 g/mol. The second kappa shape index (κ2) is 9.31. The van der Waals surface area contributed by atoms with Crippen LogP contribution in [0.25, 0.3) is 0 Å². The molecule has 0 bridgehead atoms. The Morgan fingerprint density at radius 1 is 0.955 bits per heavy atom. The second-order valence-corrected chi connectivity index (χ2v) is 8.27. The lowest BCUT2D eigenvalue weighted by Gasteiger charge is -2.15. The smallest absolute Gasteiger partial charge is 0.263 e. The fourth-order valence-corrected chi connectivity index (χ4v) is 3.88. The summed E-state index contributed by atoms with van der Waals surface area (Å²) in [5, 5.41) is 0. The van der Waals surface area contributed by atoms with Crippen molar-refractivity contribution in [2.24, 2.45) is 11.8 Å². The van der Waals surface area contributed by atoms with E-state index >= 15 is 0 Å². The molecule has 2 unspecified atom stereocenters. The molecule has 0 aliphatic heterocycles. The maximum atomic E-state index is 12.1. The van der Waals surface area contributed by atoms with Crippen LogP contribution in [0.15, 0.2) is 35.2 Å². The fraction of sp³-hybridized carbons (Fsp3) is 0.667. The summed E-state index contributed by atoms with van der Waals surface area (Å²) in [6, 6.07) is 8.33. The van der Waals surface area contributed by atoms with Gasteiger partial charge in [-0.25, -0.2) is 0 Å². The van der Waals surface area contributed by atoms with Crippen molar-refractivity contribution >= 4 is 10.1 Å². The van der Waals surface area contributed by atoms with Crippen molar-refractivity contribution in [2.45, 2.75) is 70.8 Å². The first-order valence-electron chi connectivity index (χ1n) is 8.29. The van der Waals surface area contributed by atoms with E-state index in [2.05, 4.69) is 20.8 Å². The molecule has 4 heteroatoms. The number of benzene rings is 1. The van der Waals surface area contributed by atoms with E-state index in [0.29, 0.717) is 0 Å². The largest absolute Gasteiger partial charge is 0.297 e. The average Bonchev–Trinajstić information content (AvgIpc) is 2.43. The normalized spacial score (nSPS) is 15.0. The number of unbranched alkanes of at least 4 members (excludes halogenated alkanes) is 1. The monoisotopic (exact) mass is 326 g/mol. The maximum absolute atomic E-state index is 12.1. The zero-order valence-electron chi connectivity index (χ0n) is 14.3. The van der Waals surface area contributed by atoms with Crippen LogP contribution in [0.4, 0.5) is 0 Å². The zero-order valence-corrected chi connectivity index (χ0v) is 15.1. The van der Waals surface area contributed by atoms with Gasteiger partial charge in [0.25, 0.3) is 10.1 Å². The van der Waals surface area contributed by atoms with Gasteiger partial charge in [0.15, 0.2) is 0 Å². The molecule has 0 heterocycles. The van der Waals surface area contributed by atoms with Crippen molar-refractivity contribution in [2.75, 3.05) is 0 Å². The van der Waals surface area contributed by atoms with Gasteiger partial charge in [-0.15, -0.1) is 0 Å². The van der Waals surface area contributed by atoms with Gasteiger partial charge in [0.1, 0.15) is 0 Å². The third-order valence-electron chi connectivity index (χ3n) is 3.75. The van der Waals surface area contributed by atoms with Gasteiger partial charge in [0.05, 0.1) is 11.0 Å². The van der Waals surface area contributed by atoms with E-state index in [-0.39, 0.29) is 11.0 Å². The van der Waals surface area contributed by atoms with E-state index in [1.165, 1.54) is 12.8 Å². The third kappa shape index (κ3) is 7.41. The standard InChI is InChI=1S/C18H30O3S/c1-15(2)14-16(3)10-8-9-11-17(4)21-22(19,20)18-12-6-5-7-13-18/h5-7,12-13,15-17H,8-11,14H2,1-4H3. The highest BCUT2D eigenvalue weighted by atomic mass is 32.2. The van der Waals surface area contributed by atoms with Crippen molar-refractivity contribution < 1.29 is 12.6 Å². The van der Waals surface area contributed by atoms with E-state index in [9.17, 15) is 8.42 Å². The van der Waals surface area contributed by atoms with Gasteiger partial charge in [-0.2, -0.15) is 8.42 Å². The molecule has 0 saturated heterocycles. The van der Waals surface area contributed by atoms with Gasteiger partial charge in [0.2, 0.25) is 0 Å². The minimum atomic E-state index is -3.63. The SMILES string of the molecule is CC(C)CC(C)CCCCC(C)OS(=O)(=O)c1ccccc1. The Morgan fingerprint density at radius 3 is 2.14 bits per heavy atom. The Balaban J connectivity index is 2.30. The van der Waals surface area contributed by atoms with Crippen molar-refractivity contribution in [3.8, 4) is 0 Å². The highest BCUT2D eigenvalue weighted by molar-refractivity contribution is 7.86. The van der Waals surface area contributed by atoms with Crippen LogP contribution in [0, 0.1) is 11.8 Å². The van der Waals surface area contributed by atoms with Crippen LogP contribution in [0.2, 0.25) is 0 Å². The van der Waals surface area contributed by atoms with E-state index < -0.39 is 10.1 Å². The fourth-order valence-electron chi connectivity index (χ4n) is 2.75. The van der Waals surface area contributed by atoms with Crippen molar-refractivity contribution in [3.05, 3.63) is 30.3 Å². The quantitative estimate of drug-likeness (QED) is 0.448. The summed E-state index contributed by atoms with van der Waals surface area (Å²) in [5.74, 6) is 1.48. The molecule has 0 saturated carbocycles. The highest BCUT2D eigenvalue weighted by Gasteiger charge is 2.18. The van der Waals surface area contributed by atoms with Gasteiger partial charge >= 0.3 is 0 Å². The van der Waals surface area contributed by atoms with E-state index in [1.807, 2.05) is 6.92 Å². The molecule has 0 radical (unpaired) electrons. The molecular formula is C18H30O3S. The van der Waals surface area contributed by atoms with Crippen molar-refractivity contribution in [1.29, 1.82) is 0 Å². The first-order valence-corrected chi connectivity index (χ1v) is 9.70. The van der Waals surface area contributed by atoms with Crippen molar-refractivity contribution in [3.63, 3.8) is 0 Å². The van der Waals surface area contributed by atoms with Crippen LogP contribution in [0.3, 0.4) is 0 Å². The van der Waals surface area contributed by atoms with Gasteiger partial charge in [0, 0.05) is 0 Å². The van der Waals surface area contributed by atoms with Crippen LogP contribution < -0.4 is 0 Å². The Bertz CT molecular complexity index is 508. The summed E-state index contributed by atoms with van der Waals surface area (Å²) in [4.78, 5) is 0.229. The van der Waals surface area contributed by atoms with Gasteiger partial charge in [-0.3, -0.25) is 4.18 Å². The van der Waals surface area contributed by atoms with E-state index in [0.717, 1.165) is 31.1 Å². The predicted molar refractivity (Wildman–Crippen MR) is 91.3 cm³/mol. The molecule has 0 aliphatic rings. The van der Waals surface area contributed by atoms with Gasteiger partial charge in [-0.05, 0) is 43.7 Å². The van der Waals surface area contributed by atoms with E-state index in [1.54, 1.807) is 30.3 Å². The molecule has 3 nitrogen and oxygen atoms in total. The predicted octanol–water partition coefficient (Wildman–Crippen LogP) is 5.02. The van der Waals surface area contributed by atoms with Crippen molar-refractivity contribution in [1.82, 2.24) is 0 Å². The number of hydrogen-bond donors (Lipinski definition) is 0. The zero-order chi connectivity index (χ0) is 16.6. The molecule has 0 amide bonds. The lowest BCUT2D eigenvalue weighted by Crippen LogP contribution is -2.15. The lowest BCUT2D eigenvalue weighted by atomic mass is 9.93. The molecule has 126 valence electrons. The highest BCUT2D eigenvalue weighted by Crippen LogP contribution is 2.20. The van der Waals surface area contributed by atoms with Gasteiger partial charge in [-0.1, -0.05) is 58.2 Å². The topological polar surface area (TPSA) is 43.4 Å². The summed E-state index contributed by atoms with van der Waals surface area (Å²) in [7, 11) is -3.63. The number of rotatable bonds is 10. The Hall–Kier alpha value is -0.870. The minimum absolute atomic E-state index is 0.229. The summed E-state index contributed by atoms with van der Waals surface area (Å²) in [6.45, 7) is 8.62. The first-order chi connectivity index (χ1) is 10.3. The molecule has 1 aromatic rings. The summed E-state index contributed by atoms with van der Waals surface area (Å²) in [6.07, 6.45) is 5.11. The van der Waals surface area contributed by atoms with E-state index in [4.69, 9.17) is 4.18 Å². The second-order valence-electron chi connectivity index (χ2n) is 6.69. The molecular weight excluding hydrogens is 296 g/mol. The number of hydrogen-bond acceptors (Lipinski definition) is 3. The summed E-state index contributed by atoms with van der Waals surface area (Å²) < 4.78 is 29.4. The molecule has 1 rings (SSSR count). The summed E-state index contributed by atoms with van der Waals surface area (Å²) >= 11 is 0. The Kier molecular flexibility index (Phi) is 8.12. The van der Waals surface area contributed by atoms with Crippen LogP contribution in [-0.4, -0.2) is 14.5 Å². The lowest BCUT2D eigenvalue weighted by molar-refractivity contribution is 0.212. The maximum Gasteiger partial charge on any atom is 0.297 e. The Labute approximate surface area is 136 Å². The molecule has 1 aromatic carbocycles. The first kappa shape index (κ1) is 19.2. The molecule has 22 heavy (non-hydrogen) atoms. The van der Waals surface area contributed by atoms with Crippen LogP contribution >= 0.6 is 0 Å². The molecule has 0 aliphatic carbocycles. The molecule has 2 atom stereocenters. The minimum Gasteiger partial charge on any atom is -0.263 e. The molecule has 0 spiro atoms. The van der Waals surface area contributed by atoms with Crippen LogP contribution in [-0.2, 0) is 14.3 Å².